The van der Waals surface area contributed by atoms with Gasteiger partial charge >= 0.3 is 0 Å². The Kier molecular flexibility index (Phi) is 3.38. The van der Waals surface area contributed by atoms with Crippen LogP contribution >= 0.6 is 0 Å². The molecule has 0 saturated heterocycles. The number of amides is 1. The van der Waals surface area contributed by atoms with Gasteiger partial charge in [0.1, 0.15) is 5.75 Å². The van der Waals surface area contributed by atoms with Crippen LogP contribution in [0.3, 0.4) is 0 Å². The molecule has 3 aromatic rings. The van der Waals surface area contributed by atoms with Crippen LogP contribution in [0.15, 0.2) is 54.9 Å². The quantitative estimate of drug-likeness (QED) is 0.790. The Labute approximate surface area is 133 Å². The van der Waals surface area contributed by atoms with Gasteiger partial charge in [0.05, 0.1) is 30.6 Å². The summed E-state index contributed by atoms with van der Waals surface area (Å²) in [4.78, 5) is 12.8. The van der Waals surface area contributed by atoms with Gasteiger partial charge in [-0.25, -0.2) is 0 Å². The number of ether oxygens (including phenoxy) is 1. The highest BCUT2D eigenvalue weighted by Gasteiger charge is 2.27. The lowest BCUT2D eigenvalue weighted by Crippen LogP contribution is -2.26. The van der Waals surface area contributed by atoms with E-state index in [1.165, 1.54) is 0 Å². The third-order valence-electron chi connectivity index (χ3n) is 4.12. The molecule has 1 amide bonds. The maximum Gasteiger partial charge on any atom is 0.232 e. The number of fused-ring (bicyclic) bond motifs is 2. The molecule has 0 saturated carbocycles. The molecule has 0 aliphatic carbocycles. The molecule has 1 aliphatic heterocycles. The Morgan fingerprint density at radius 1 is 1.09 bits per heavy atom. The molecule has 0 bridgehead atoms. The molecule has 114 valence electrons. The molecular weight excluding hydrogens is 290 g/mol. The summed E-state index contributed by atoms with van der Waals surface area (Å²) < 4.78 is 5.63. The summed E-state index contributed by atoms with van der Waals surface area (Å²) in [7, 11) is 0. The zero-order valence-corrected chi connectivity index (χ0v) is 12.4. The Hall–Kier alpha value is -2.95. The highest BCUT2D eigenvalue weighted by atomic mass is 16.5. The van der Waals surface area contributed by atoms with E-state index in [4.69, 9.17) is 4.74 Å². The van der Waals surface area contributed by atoms with Gasteiger partial charge in [-0.15, -0.1) is 0 Å². The molecule has 1 aromatic heterocycles. The number of hydrogen-bond acceptors (Lipinski definition) is 4. The van der Waals surface area contributed by atoms with E-state index in [9.17, 15) is 4.79 Å². The number of nitrogens with one attached hydrogen (secondary N) is 1. The van der Waals surface area contributed by atoms with Crippen LogP contribution in [0.4, 0.5) is 5.69 Å². The molecule has 1 atom stereocenters. The van der Waals surface area contributed by atoms with Crippen LogP contribution in [0.25, 0.3) is 10.8 Å². The standard InChI is InChI=1S/C18H15N3O2/c22-18(14-8-9-23-17-7-2-1-5-13(14)17)21-16-6-3-4-12-10-19-20-11-15(12)16/h1-7,10-11,14H,8-9H2,(H,21,22). The van der Waals surface area contributed by atoms with Crippen LogP contribution in [0.1, 0.15) is 17.9 Å². The molecule has 0 fully saturated rings. The first-order valence-electron chi connectivity index (χ1n) is 7.55. The van der Waals surface area contributed by atoms with Crippen molar-refractivity contribution in [2.75, 3.05) is 11.9 Å². The van der Waals surface area contributed by atoms with Crippen molar-refractivity contribution in [2.24, 2.45) is 0 Å². The van der Waals surface area contributed by atoms with E-state index < -0.39 is 0 Å². The molecule has 1 unspecified atom stereocenters. The van der Waals surface area contributed by atoms with Crippen molar-refractivity contribution in [3.63, 3.8) is 0 Å². The minimum absolute atomic E-state index is 0.0231. The van der Waals surface area contributed by atoms with Crippen molar-refractivity contribution in [3.8, 4) is 5.75 Å². The number of aromatic nitrogens is 2. The van der Waals surface area contributed by atoms with Crippen molar-refractivity contribution in [1.82, 2.24) is 10.2 Å². The number of hydrogen-bond donors (Lipinski definition) is 1. The van der Waals surface area contributed by atoms with E-state index in [1.807, 2.05) is 42.5 Å². The average molecular weight is 305 g/mol. The first-order valence-corrected chi connectivity index (χ1v) is 7.55. The van der Waals surface area contributed by atoms with Crippen molar-refractivity contribution in [2.45, 2.75) is 12.3 Å². The first kappa shape index (κ1) is 13.7. The minimum Gasteiger partial charge on any atom is -0.493 e. The van der Waals surface area contributed by atoms with Gasteiger partial charge in [-0.3, -0.25) is 4.79 Å². The van der Waals surface area contributed by atoms with Crippen molar-refractivity contribution >= 4 is 22.4 Å². The predicted octanol–water partition coefficient (Wildman–Crippen LogP) is 3.13. The summed E-state index contributed by atoms with van der Waals surface area (Å²) in [5, 5.41) is 12.6. The summed E-state index contributed by atoms with van der Waals surface area (Å²) >= 11 is 0. The fourth-order valence-corrected chi connectivity index (χ4v) is 2.97. The van der Waals surface area contributed by atoms with Gasteiger partial charge in [-0.05, 0) is 18.6 Å². The lowest BCUT2D eigenvalue weighted by Gasteiger charge is -2.25. The molecule has 1 aliphatic rings. The van der Waals surface area contributed by atoms with Gasteiger partial charge in [0.2, 0.25) is 5.91 Å². The summed E-state index contributed by atoms with van der Waals surface area (Å²) in [6.45, 7) is 0.552. The van der Waals surface area contributed by atoms with Crippen LogP contribution in [-0.4, -0.2) is 22.7 Å². The third kappa shape index (κ3) is 2.50. The smallest absolute Gasteiger partial charge is 0.232 e. The molecule has 4 rings (SSSR count). The SMILES string of the molecule is O=C(Nc1cccc2cnncc12)C1CCOc2ccccc21. The lowest BCUT2D eigenvalue weighted by atomic mass is 9.92. The molecule has 5 heteroatoms. The highest BCUT2D eigenvalue weighted by Crippen LogP contribution is 2.34. The number of anilines is 1. The normalized spacial score (nSPS) is 16.4. The summed E-state index contributed by atoms with van der Waals surface area (Å²) in [5.41, 5.74) is 1.70. The zero-order chi connectivity index (χ0) is 15.6. The summed E-state index contributed by atoms with van der Waals surface area (Å²) in [5.74, 6) is 0.567. The van der Waals surface area contributed by atoms with Gasteiger partial charge in [-0.2, -0.15) is 10.2 Å². The van der Waals surface area contributed by atoms with Crippen molar-refractivity contribution in [3.05, 3.63) is 60.4 Å². The Bertz CT molecular complexity index is 874. The van der Waals surface area contributed by atoms with Crippen LogP contribution in [-0.2, 0) is 4.79 Å². The Morgan fingerprint density at radius 2 is 1.96 bits per heavy atom. The van der Waals surface area contributed by atoms with Crippen LogP contribution < -0.4 is 10.1 Å². The molecule has 1 N–H and O–H groups in total. The largest absolute Gasteiger partial charge is 0.493 e. The summed E-state index contributed by atoms with van der Waals surface area (Å²) in [6.07, 6.45) is 4.03. The second kappa shape index (κ2) is 5.68. The van der Waals surface area contributed by atoms with Gasteiger partial charge in [0.15, 0.2) is 0 Å². The molecule has 2 heterocycles. The zero-order valence-electron chi connectivity index (χ0n) is 12.4. The van der Waals surface area contributed by atoms with E-state index in [0.717, 1.165) is 27.8 Å². The number of carbonyl (C=O) groups is 1. The number of para-hydroxylation sites is 1. The second-order valence-corrected chi connectivity index (χ2v) is 5.51. The highest BCUT2D eigenvalue weighted by molar-refractivity contribution is 6.04. The van der Waals surface area contributed by atoms with E-state index >= 15 is 0 Å². The lowest BCUT2D eigenvalue weighted by molar-refractivity contribution is -0.118. The monoisotopic (exact) mass is 305 g/mol. The minimum atomic E-state index is -0.204. The fourth-order valence-electron chi connectivity index (χ4n) is 2.97. The molecule has 0 radical (unpaired) electrons. The predicted molar refractivity (Wildman–Crippen MR) is 87.5 cm³/mol. The number of nitrogens with zero attached hydrogens (tertiary/aromatic N) is 2. The van der Waals surface area contributed by atoms with Crippen LogP contribution in [0.5, 0.6) is 5.75 Å². The van der Waals surface area contributed by atoms with E-state index in [2.05, 4.69) is 15.5 Å². The fraction of sp³-hybridized carbons (Fsp3) is 0.167. The van der Waals surface area contributed by atoms with E-state index in [0.29, 0.717) is 13.0 Å². The van der Waals surface area contributed by atoms with Gasteiger partial charge in [0, 0.05) is 16.3 Å². The second-order valence-electron chi connectivity index (χ2n) is 5.51. The van der Waals surface area contributed by atoms with Crippen LogP contribution in [0.2, 0.25) is 0 Å². The van der Waals surface area contributed by atoms with Gasteiger partial charge in [0.25, 0.3) is 0 Å². The summed E-state index contributed by atoms with van der Waals surface area (Å²) in [6, 6.07) is 13.4. The van der Waals surface area contributed by atoms with Crippen molar-refractivity contribution in [1.29, 1.82) is 0 Å². The van der Waals surface area contributed by atoms with E-state index in [1.54, 1.807) is 12.4 Å². The number of benzene rings is 2. The third-order valence-corrected chi connectivity index (χ3v) is 4.12. The van der Waals surface area contributed by atoms with E-state index in [-0.39, 0.29) is 11.8 Å². The van der Waals surface area contributed by atoms with Crippen LogP contribution in [0, 0.1) is 0 Å². The first-order chi connectivity index (χ1) is 11.3. The topological polar surface area (TPSA) is 64.1 Å². The molecule has 23 heavy (non-hydrogen) atoms. The molecule has 2 aromatic carbocycles. The maximum atomic E-state index is 12.8. The van der Waals surface area contributed by atoms with Gasteiger partial charge < -0.3 is 10.1 Å². The number of carbonyl (C=O) groups excluding carboxylic acids is 1. The average Bonchev–Trinajstić information content (AvgIpc) is 2.61. The Morgan fingerprint density at radius 3 is 2.91 bits per heavy atom. The maximum absolute atomic E-state index is 12.8. The van der Waals surface area contributed by atoms with Crippen molar-refractivity contribution < 1.29 is 9.53 Å². The molecular formula is C18H15N3O2. The van der Waals surface area contributed by atoms with Gasteiger partial charge in [-0.1, -0.05) is 30.3 Å². The number of rotatable bonds is 2. The molecule has 5 nitrogen and oxygen atoms in total. The molecule has 0 spiro atoms. The Balaban J connectivity index is 1.66.